The summed E-state index contributed by atoms with van der Waals surface area (Å²) >= 11 is 0. The molecule has 1 atom stereocenters. The molecule has 0 spiro atoms. The number of nitrogens with two attached hydrogens (primary N) is 1. The molecule has 3 heteroatoms. The van der Waals surface area contributed by atoms with Gasteiger partial charge in [0.1, 0.15) is 0 Å². The van der Waals surface area contributed by atoms with E-state index in [-0.39, 0.29) is 0 Å². The number of nitrogens with zero attached hydrogens (tertiary/aromatic N) is 2. The van der Waals surface area contributed by atoms with Gasteiger partial charge in [-0.2, -0.15) is 5.10 Å². The van der Waals surface area contributed by atoms with E-state index in [1.54, 1.807) is 0 Å². The number of rotatable bonds is 3. The van der Waals surface area contributed by atoms with Crippen LogP contribution in [0.4, 0.5) is 0 Å². The largest absolute Gasteiger partial charge is 0.327 e. The molecule has 0 aliphatic heterocycles. The first-order chi connectivity index (χ1) is 7.65. The molecular formula is C13H23N3. The zero-order chi connectivity index (χ0) is 11.5. The highest BCUT2D eigenvalue weighted by Gasteiger charge is 2.24. The molecule has 1 heterocycles. The molecule has 90 valence electrons. The van der Waals surface area contributed by atoms with Crippen molar-refractivity contribution in [2.75, 3.05) is 0 Å². The Labute approximate surface area is 98.0 Å². The maximum atomic E-state index is 6.29. The maximum absolute atomic E-state index is 6.29. The smallest absolute Gasteiger partial charge is 0.0640 e. The molecule has 2 N–H and O–H groups in total. The molecule has 0 saturated heterocycles. The summed E-state index contributed by atoms with van der Waals surface area (Å²) in [5.74, 6) is 1.61. The minimum absolute atomic E-state index is 0.294. The van der Waals surface area contributed by atoms with Crippen LogP contribution in [0.3, 0.4) is 0 Å². The lowest BCUT2D eigenvalue weighted by Gasteiger charge is -2.30. The van der Waals surface area contributed by atoms with E-state index in [1.807, 2.05) is 17.9 Å². The van der Waals surface area contributed by atoms with Gasteiger partial charge in [-0.15, -0.1) is 0 Å². The van der Waals surface area contributed by atoms with Crippen LogP contribution in [0.15, 0.2) is 12.3 Å². The lowest BCUT2D eigenvalue weighted by molar-refractivity contribution is 0.252. The first-order valence-corrected chi connectivity index (χ1v) is 6.39. The van der Waals surface area contributed by atoms with Crippen molar-refractivity contribution in [1.82, 2.24) is 9.78 Å². The Morgan fingerprint density at radius 1 is 1.44 bits per heavy atom. The van der Waals surface area contributed by atoms with E-state index >= 15 is 0 Å². The lowest BCUT2D eigenvalue weighted by atomic mass is 9.78. The average molecular weight is 221 g/mol. The van der Waals surface area contributed by atoms with Crippen LogP contribution in [0.5, 0.6) is 0 Å². The van der Waals surface area contributed by atoms with Crippen LogP contribution in [0.2, 0.25) is 0 Å². The van der Waals surface area contributed by atoms with Gasteiger partial charge in [0.15, 0.2) is 0 Å². The molecule has 0 radical (unpaired) electrons. The van der Waals surface area contributed by atoms with E-state index < -0.39 is 0 Å². The summed E-state index contributed by atoms with van der Waals surface area (Å²) in [5, 5.41) is 4.40. The fraction of sp³-hybridized carbons (Fsp3) is 0.769. The zero-order valence-electron chi connectivity index (χ0n) is 10.4. The molecular weight excluding hydrogens is 198 g/mol. The normalized spacial score (nSPS) is 27.9. The van der Waals surface area contributed by atoms with Crippen LogP contribution >= 0.6 is 0 Å². The molecule has 0 aromatic carbocycles. The summed E-state index contributed by atoms with van der Waals surface area (Å²) in [6, 6.07) is 2.37. The van der Waals surface area contributed by atoms with E-state index in [1.165, 1.54) is 25.7 Å². The summed E-state index contributed by atoms with van der Waals surface area (Å²) in [4.78, 5) is 0. The third kappa shape index (κ3) is 2.85. The Balaban J connectivity index is 1.85. The molecule has 1 aromatic heterocycles. The third-order valence-electron chi connectivity index (χ3n) is 3.88. The van der Waals surface area contributed by atoms with Gasteiger partial charge in [-0.1, -0.05) is 19.8 Å². The second kappa shape index (κ2) is 5.00. The average Bonchev–Trinajstić information content (AvgIpc) is 2.65. The van der Waals surface area contributed by atoms with Crippen molar-refractivity contribution in [1.29, 1.82) is 0 Å². The van der Waals surface area contributed by atoms with Crippen LogP contribution in [0.25, 0.3) is 0 Å². The predicted octanol–water partition coefficient (Wildman–Crippen LogP) is 2.12. The monoisotopic (exact) mass is 221 g/mol. The van der Waals surface area contributed by atoms with Gasteiger partial charge < -0.3 is 5.73 Å². The number of aryl methyl sites for hydroxylation is 1. The Morgan fingerprint density at radius 2 is 2.12 bits per heavy atom. The molecule has 1 aliphatic rings. The SMILES string of the molecule is CC1CCC(C(N)Cc2ccn(C)n2)CC1. The molecule has 0 amide bonds. The van der Waals surface area contributed by atoms with Crippen LogP contribution in [0, 0.1) is 11.8 Å². The van der Waals surface area contributed by atoms with Gasteiger partial charge in [0.25, 0.3) is 0 Å². The summed E-state index contributed by atoms with van der Waals surface area (Å²) in [5.41, 5.74) is 7.42. The van der Waals surface area contributed by atoms with Gasteiger partial charge in [-0.25, -0.2) is 0 Å². The van der Waals surface area contributed by atoms with Crippen molar-refractivity contribution >= 4 is 0 Å². The second-order valence-electron chi connectivity index (χ2n) is 5.37. The number of hydrogen-bond donors (Lipinski definition) is 1. The minimum atomic E-state index is 0.294. The van der Waals surface area contributed by atoms with Crippen molar-refractivity contribution < 1.29 is 0 Å². The molecule has 0 bridgehead atoms. The second-order valence-corrected chi connectivity index (χ2v) is 5.37. The van der Waals surface area contributed by atoms with Crippen molar-refractivity contribution in [3.8, 4) is 0 Å². The van der Waals surface area contributed by atoms with Crippen molar-refractivity contribution in [2.24, 2.45) is 24.6 Å². The molecule has 1 saturated carbocycles. The molecule has 1 aliphatic carbocycles. The number of hydrogen-bond acceptors (Lipinski definition) is 2. The fourth-order valence-electron chi connectivity index (χ4n) is 2.69. The van der Waals surface area contributed by atoms with Crippen molar-refractivity contribution in [2.45, 2.75) is 45.1 Å². The fourth-order valence-corrected chi connectivity index (χ4v) is 2.69. The lowest BCUT2D eigenvalue weighted by Crippen LogP contribution is -2.34. The molecule has 16 heavy (non-hydrogen) atoms. The topological polar surface area (TPSA) is 43.8 Å². The highest BCUT2D eigenvalue weighted by atomic mass is 15.2. The molecule has 1 unspecified atom stereocenters. The third-order valence-corrected chi connectivity index (χ3v) is 3.88. The summed E-state index contributed by atoms with van der Waals surface area (Å²) in [6.45, 7) is 2.35. The maximum Gasteiger partial charge on any atom is 0.0640 e. The highest BCUT2D eigenvalue weighted by Crippen LogP contribution is 2.30. The van der Waals surface area contributed by atoms with Crippen molar-refractivity contribution in [3.05, 3.63) is 18.0 Å². The first-order valence-electron chi connectivity index (χ1n) is 6.39. The van der Waals surface area contributed by atoms with Crippen LogP contribution in [0.1, 0.15) is 38.3 Å². The van der Waals surface area contributed by atoms with Gasteiger partial charge in [0.2, 0.25) is 0 Å². The van der Waals surface area contributed by atoms with Gasteiger partial charge in [0, 0.05) is 25.7 Å². The standard InChI is InChI=1S/C13H23N3/c1-10-3-5-11(6-4-10)13(14)9-12-7-8-16(2)15-12/h7-8,10-11,13H,3-6,9,14H2,1-2H3. The Kier molecular flexibility index (Phi) is 3.64. The zero-order valence-corrected chi connectivity index (χ0v) is 10.4. The molecule has 1 fully saturated rings. The Hall–Kier alpha value is -0.830. The van der Waals surface area contributed by atoms with Crippen molar-refractivity contribution in [3.63, 3.8) is 0 Å². The minimum Gasteiger partial charge on any atom is -0.327 e. The van der Waals surface area contributed by atoms with E-state index in [0.29, 0.717) is 12.0 Å². The van der Waals surface area contributed by atoms with E-state index in [0.717, 1.165) is 18.0 Å². The van der Waals surface area contributed by atoms with Gasteiger partial charge in [-0.3, -0.25) is 4.68 Å². The van der Waals surface area contributed by atoms with Crippen LogP contribution < -0.4 is 5.73 Å². The van der Waals surface area contributed by atoms with Crippen LogP contribution in [-0.2, 0) is 13.5 Å². The van der Waals surface area contributed by atoms with E-state index in [2.05, 4.69) is 18.1 Å². The van der Waals surface area contributed by atoms with E-state index in [9.17, 15) is 0 Å². The molecule has 2 rings (SSSR count). The summed E-state index contributed by atoms with van der Waals surface area (Å²) in [7, 11) is 1.96. The quantitative estimate of drug-likeness (QED) is 0.849. The summed E-state index contributed by atoms with van der Waals surface area (Å²) in [6.07, 6.45) is 8.22. The van der Waals surface area contributed by atoms with Crippen LogP contribution in [-0.4, -0.2) is 15.8 Å². The predicted molar refractivity (Wildman–Crippen MR) is 66.0 cm³/mol. The highest BCUT2D eigenvalue weighted by molar-refractivity contribution is 5.02. The number of aromatic nitrogens is 2. The molecule has 3 nitrogen and oxygen atoms in total. The van der Waals surface area contributed by atoms with Gasteiger partial charge in [-0.05, 0) is 30.7 Å². The van der Waals surface area contributed by atoms with E-state index in [4.69, 9.17) is 5.73 Å². The first kappa shape index (κ1) is 11.6. The van der Waals surface area contributed by atoms with Gasteiger partial charge in [0.05, 0.1) is 5.69 Å². The van der Waals surface area contributed by atoms with Gasteiger partial charge >= 0.3 is 0 Å². The molecule has 1 aromatic rings. The Bertz CT molecular complexity index is 324. The Morgan fingerprint density at radius 3 is 2.69 bits per heavy atom. The summed E-state index contributed by atoms with van der Waals surface area (Å²) < 4.78 is 1.85.